The summed E-state index contributed by atoms with van der Waals surface area (Å²) in [5, 5.41) is 6.78. The highest BCUT2D eigenvalue weighted by atomic mass is 32.1. The van der Waals surface area contributed by atoms with Crippen molar-refractivity contribution in [3.05, 3.63) is 35.2 Å². The largest absolute Gasteiger partial charge is 0.379 e. The Hall–Kier alpha value is -1.43. The zero-order valence-electron chi connectivity index (χ0n) is 16.7. The summed E-state index contributed by atoms with van der Waals surface area (Å²) in [4.78, 5) is 15.7. The van der Waals surface area contributed by atoms with E-state index in [-0.39, 0.29) is 11.8 Å². The van der Waals surface area contributed by atoms with Crippen molar-refractivity contribution >= 4 is 27.3 Å². The molecule has 2 fully saturated rings. The molecule has 0 radical (unpaired) electrons. The van der Waals surface area contributed by atoms with Crippen molar-refractivity contribution in [1.82, 2.24) is 10.2 Å². The van der Waals surface area contributed by atoms with E-state index in [2.05, 4.69) is 39.9 Å². The van der Waals surface area contributed by atoms with E-state index < -0.39 is 0 Å². The fourth-order valence-electron chi connectivity index (χ4n) is 4.76. The number of amides is 1. The van der Waals surface area contributed by atoms with Crippen LogP contribution >= 0.6 is 11.3 Å². The highest BCUT2D eigenvalue weighted by molar-refractivity contribution is 7.17. The van der Waals surface area contributed by atoms with Crippen molar-refractivity contribution in [1.29, 1.82) is 0 Å². The van der Waals surface area contributed by atoms with Crippen LogP contribution in [0.5, 0.6) is 0 Å². The van der Waals surface area contributed by atoms with E-state index in [0.717, 1.165) is 45.8 Å². The molecule has 1 saturated heterocycles. The van der Waals surface area contributed by atoms with Crippen LogP contribution in [0.1, 0.15) is 50.0 Å². The monoisotopic (exact) mass is 400 g/mol. The Bertz CT molecular complexity index is 763. The molecule has 28 heavy (non-hydrogen) atoms. The van der Waals surface area contributed by atoms with Gasteiger partial charge < -0.3 is 10.1 Å². The van der Waals surface area contributed by atoms with Gasteiger partial charge in [0.1, 0.15) is 0 Å². The van der Waals surface area contributed by atoms with E-state index >= 15 is 0 Å². The number of thiophene rings is 1. The van der Waals surface area contributed by atoms with Crippen molar-refractivity contribution in [3.8, 4) is 0 Å². The van der Waals surface area contributed by atoms with Gasteiger partial charge in [0.05, 0.1) is 19.1 Å². The normalized spacial score (nSPS) is 20.3. The highest BCUT2D eigenvalue weighted by Crippen LogP contribution is 2.41. The predicted molar refractivity (Wildman–Crippen MR) is 116 cm³/mol. The number of carbonyl (C=O) groups is 1. The Morgan fingerprint density at radius 2 is 1.96 bits per heavy atom. The summed E-state index contributed by atoms with van der Waals surface area (Å²) in [7, 11) is 0. The van der Waals surface area contributed by atoms with Crippen LogP contribution in [-0.2, 0) is 9.53 Å². The highest BCUT2D eigenvalue weighted by Gasteiger charge is 2.32. The molecule has 1 aliphatic carbocycles. The molecule has 1 aromatic carbocycles. The molecule has 1 atom stereocenters. The molecule has 1 N–H and O–H groups in total. The minimum atomic E-state index is -0.000151. The van der Waals surface area contributed by atoms with Crippen LogP contribution in [0.2, 0.25) is 0 Å². The number of hydrogen-bond acceptors (Lipinski definition) is 4. The number of benzene rings is 1. The van der Waals surface area contributed by atoms with Crippen LogP contribution in [0.15, 0.2) is 29.6 Å². The first-order valence-electron chi connectivity index (χ1n) is 10.9. The summed E-state index contributed by atoms with van der Waals surface area (Å²) in [5.41, 5.74) is 1.25. The molecule has 0 bridgehead atoms. The molecule has 1 aliphatic heterocycles. The van der Waals surface area contributed by atoms with E-state index in [1.54, 1.807) is 11.3 Å². The molecule has 1 unspecified atom stereocenters. The van der Waals surface area contributed by atoms with Crippen molar-refractivity contribution in [3.63, 3.8) is 0 Å². The van der Waals surface area contributed by atoms with E-state index in [0.29, 0.717) is 5.92 Å². The van der Waals surface area contributed by atoms with Crippen LogP contribution in [0.4, 0.5) is 0 Å². The standard InChI is InChI=1S/C23H32N2O2S/c26-23(24-11-6-12-25-13-15-27-16-14-25)22(18-7-2-1-3-8-18)20-17-28-21-10-5-4-9-19(20)21/h4-5,9-10,17-18,22H,1-3,6-8,11-16H2,(H,24,26). The SMILES string of the molecule is O=C(NCCCN1CCOCC1)C(c1csc2ccccc12)C1CCCCC1. The first kappa shape index (κ1) is 19.9. The number of carbonyl (C=O) groups excluding carboxylic acids is 1. The minimum absolute atomic E-state index is 0.000151. The van der Waals surface area contributed by atoms with E-state index in [1.807, 2.05) is 0 Å². The molecule has 2 aliphatic rings. The fraction of sp³-hybridized carbons (Fsp3) is 0.609. The molecule has 152 valence electrons. The Morgan fingerprint density at radius 1 is 1.18 bits per heavy atom. The maximum Gasteiger partial charge on any atom is 0.227 e. The average molecular weight is 401 g/mol. The summed E-state index contributed by atoms with van der Waals surface area (Å²) in [6, 6.07) is 8.53. The van der Waals surface area contributed by atoms with Crippen LogP contribution in [-0.4, -0.2) is 50.2 Å². The lowest BCUT2D eigenvalue weighted by Gasteiger charge is -2.30. The maximum absolute atomic E-state index is 13.3. The third-order valence-corrected chi connectivity index (χ3v) is 7.29. The molecule has 1 amide bonds. The molecule has 4 rings (SSSR count). The third kappa shape index (κ3) is 4.76. The van der Waals surface area contributed by atoms with Gasteiger partial charge in [-0.25, -0.2) is 0 Å². The molecule has 0 spiro atoms. The van der Waals surface area contributed by atoms with Crippen molar-refractivity contribution in [2.75, 3.05) is 39.4 Å². The summed E-state index contributed by atoms with van der Waals surface area (Å²) in [5.74, 6) is 0.711. The van der Waals surface area contributed by atoms with E-state index in [1.165, 1.54) is 47.8 Å². The molecule has 2 heterocycles. The first-order valence-corrected chi connectivity index (χ1v) is 11.7. The molecule has 4 nitrogen and oxygen atoms in total. The molecule has 5 heteroatoms. The minimum Gasteiger partial charge on any atom is -0.379 e. The lowest BCUT2D eigenvalue weighted by atomic mass is 9.76. The van der Waals surface area contributed by atoms with Gasteiger partial charge in [-0.05, 0) is 54.1 Å². The number of rotatable bonds is 7. The van der Waals surface area contributed by atoms with Gasteiger partial charge in [-0.1, -0.05) is 37.5 Å². The van der Waals surface area contributed by atoms with Gasteiger partial charge in [-0.2, -0.15) is 0 Å². The maximum atomic E-state index is 13.3. The summed E-state index contributed by atoms with van der Waals surface area (Å²) in [6.45, 7) is 5.50. The molecule has 1 aromatic heterocycles. The van der Waals surface area contributed by atoms with Gasteiger partial charge in [-0.15, -0.1) is 11.3 Å². The Kier molecular flexibility index (Phi) is 7.00. The Morgan fingerprint density at radius 3 is 2.79 bits per heavy atom. The van der Waals surface area contributed by atoms with Gasteiger partial charge >= 0.3 is 0 Å². The summed E-state index contributed by atoms with van der Waals surface area (Å²) in [6.07, 6.45) is 7.19. The fourth-order valence-corrected chi connectivity index (χ4v) is 5.76. The second-order valence-corrected chi connectivity index (χ2v) is 9.07. The summed E-state index contributed by atoms with van der Waals surface area (Å²) >= 11 is 1.77. The Balaban J connectivity index is 1.42. The topological polar surface area (TPSA) is 41.6 Å². The van der Waals surface area contributed by atoms with Gasteiger partial charge in [0, 0.05) is 24.3 Å². The van der Waals surface area contributed by atoms with Crippen LogP contribution in [0.3, 0.4) is 0 Å². The second kappa shape index (κ2) is 9.86. The quantitative estimate of drug-likeness (QED) is 0.700. The van der Waals surface area contributed by atoms with Gasteiger partial charge in [0.2, 0.25) is 5.91 Å². The number of morpholine rings is 1. The molecular formula is C23H32N2O2S. The Labute approximate surface area is 172 Å². The van der Waals surface area contributed by atoms with Crippen LogP contribution in [0.25, 0.3) is 10.1 Å². The van der Waals surface area contributed by atoms with Crippen molar-refractivity contribution < 1.29 is 9.53 Å². The van der Waals surface area contributed by atoms with Crippen molar-refractivity contribution in [2.45, 2.75) is 44.4 Å². The lowest BCUT2D eigenvalue weighted by molar-refractivity contribution is -0.124. The molecule has 2 aromatic rings. The van der Waals surface area contributed by atoms with Crippen LogP contribution in [0, 0.1) is 5.92 Å². The zero-order chi connectivity index (χ0) is 19.2. The number of hydrogen-bond donors (Lipinski definition) is 1. The van der Waals surface area contributed by atoms with Gasteiger partial charge in [-0.3, -0.25) is 9.69 Å². The summed E-state index contributed by atoms with van der Waals surface area (Å²) < 4.78 is 6.70. The zero-order valence-corrected chi connectivity index (χ0v) is 17.5. The second-order valence-electron chi connectivity index (χ2n) is 8.16. The number of nitrogens with one attached hydrogen (secondary N) is 1. The average Bonchev–Trinajstić information content (AvgIpc) is 3.17. The first-order chi connectivity index (χ1) is 13.8. The third-order valence-electron chi connectivity index (χ3n) is 6.30. The van der Waals surface area contributed by atoms with Crippen LogP contribution < -0.4 is 5.32 Å². The number of fused-ring (bicyclic) bond motifs is 1. The van der Waals surface area contributed by atoms with Gasteiger partial charge in [0.25, 0.3) is 0 Å². The van der Waals surface area contributed by atoms with E-state index in [9.17, 15) is 4.79 Å². The van der Waals surface area contributed by atoms with Gasteiger partial charge in [0.15, 0.2) is 0 Å². The number of nitrogens with zero attached hydrogens (tertiary/aromatic N) is 1. The number of ether oxygens (including phenoxy) is 1. The lowest BCUT2D eigenvalue weighted by Crippen LogP contribution is -2.39. The smallest absolute Gasteiger partial charge is 0.227 e. The van der Waals surface area contributed by atoms with Crippen molar-refractivity contribution in [2.24, 2.45) is 5.92 Å². The van der Waals surface area contributed by atoms with E-state index in [4.69, 9.17) is 4.74 Å². The molecular weight excluding hydrogens is 368 g/mol. The predicted octanol–water partition coefficient (Wildman–Crippen LogP) is 4.40. The molecule has 1 saturated carbocycles.